The number of furan rings is 1. The lowest BCUT2D eigenvalue weighted by atomic mass is 10.1. The third-order valence-electron chi connectivity index (χ3n) is 3.98. The molecule has 0 spiro atoms. The average Bonchev–Trinajstić information content (AvgIpc) is 3.06. The second-order valence-electron chi connectivity index (χ2n) is 5.17. The highest BCUT2D eigenvalue weighted by atomic mass is 16.3. The van der Waals surface area contributed by atoms with Crippen molar-refractivity contribution in [2.24, 2.45) is 0 Å². The predicted octanol–water partition coefficient (Wildman–Crippen LogP) is 3.77. The summed E-state index contributed by atoms with van der Waals surface area (Å²) in [7, 11) is 0. The van der Waals surface area contributed by atoms with E-state index in [1.54, 1.807) is 0 Å². The van der Waals surface area contributed by atoms with Gasteiger partial charge in [-0.2, -0.15) is 0 Å². The van der Waals surface area contributed by atoms with Crippen molar-refractivity contribution in [3.05, 3.63) is 36.4 Å². The van der Waals surface area contributed by atoms with Crippen LogP contribution in [0.15, 0.2) is 40.8 Å². The van der Waals surface area contributed by atoms with Crippen LogP contribution in [0.4, 0.5) is 11.4 Å². The summed E-state index contributed by atoms with van der Waals surface area (Å²) in [5.41, 5.74) is 9.79. The van der Waals surface area contributed by atoms with Crippen molar-refractivity contribution >= 4 is 33.3 Å². The molecule has 4 rings (SSSR count). The number of fused-ring (bicyclic) bond motifs is 3. The summed E-state index contributed by atoms with van der Waals surface area (Å²) < 4.78 is 5.93. The van der Waals surface area contributed by atoms with Gasteiger partial charge in [0, 0.05) is 24.2 Å². The number of hydrogen-bond donors (Lipinski definition) is 1. The summed E-state index contributed by atoms with van der Waals surface area (Å²) in [4.78, 5) is 2.43. The van der Waals surface area contributed by atoms with Gasteiger partial charge in [0.05, 0.1) is 11.1 Å². The molecule has 0 atom stereocenters. The van der Waals surface area contributed by atoms with Gasteiger partial charge in [0.15, 0.2) is 5.58 Å². The molecule has 0 saturated carbocycles. The van der Waals surface area contributed by atoms with Gasteiger partial charge in [0.2, 0.25) is 0 Å². The molecular formula is C16H16N2O. The zero-order chi connectivity index (χ0) is 12.8. The van der Waals surface area contributed by atoms with Crippen LogP contribution in [0, 0.1) is 0 Å². The minimum atomic E-state index is 0.717. The van der Waals surface area contributed by atoms with E-state index in [1.807, 2.05) is 24.3 Å². The third-order valence-corrected chi connectivity index (χ3v) is 3.98. The summed E-state index contributed by atoms with van der Waals surface area (Å²) in [6.45, 7) is 2.25. The third kappa shape index (κ3) is 1.51. The molecule has 2 N–H and O–H groups in total. The van der Waals surface area contributed by atoms with Crippen LogP contribution in [0.2, 0.25) is 0 Å². The van der Waals surface area contributed by atoms with Crippen LogP contribution in [0.1, 0.15) is 12.8 Å². The van der Waals surface area contributed by atoms with Gasteiger partial charge in [0.1, 0.15) is 5.58 Å². The SMILES string of the molecule is Nc1ccc(N2CCCC2)c2c1oc1ccccc12. The Labute approximate surface area is 111 Å². The Morgan fingerprint density at radius 1 is 1.00 bits per heavy atom. The molecule has 1 aliphatic rings. The Kier molecular flexibility index (Phi) is 2.21. The Morgan fingerprint density at radius 3 is 2.63 bits per heavy atom. The molecule has 0 aliphatic carbocycles. The second-order valence-corrected chi connectivity index (χ2v) is 5.17. The number of para-hydroxylation sites is 1. The van der Waals surface area contributed by atoms with E-state index in [0.717, 1.165) is 35.0 Å². The van der Waals surface area contributed by atoms with Crippen molar-refractivity contribution in [1.82, 2.24) is 0 Å². The van der Waals surface area contributed by atoms with E-state index in [0.29, 0.717) is 5.69 Å². The number of nitrogens with zero attached hydrogens (tertiary/aromatic N) is 1. The summed E-state index contributed by atoms with van der Waals surface area (Å²) in [6, 6.07) is 12.2. The van der Waals surface area contributed by atoms with Crippen molar-refractivity contribution in [2.75, 3.05) is 23.7 Å². The minimum Gasteiger partial charge on any atom is -0.454 e. The van der Waals surface area contributed by atoms with Crippen molar-refractivity contribution < 1.29 is 4.42 Å². The number of benzene rings is 2. The first kappa shape index (κ1) is 10.7. The number of nitrogens with two attached hydrogens (primary N) is 1. The first-order valence-corrected chi connectivity index (χ1v) is 6.79. The fourth-order valence-corrected chi connectivity index (χ4v) is 3.05. The van der Waals surface area contributed by atoms with E-state index in [4.69, 9.17) is 10.2 Å². The smallest absolute Gasteiger partial charge is 0.160 e. The van der Waals surface area contributed by atoms with E-state index in [1.165, 1.54) is 18.5 Å². The first-order chi connectivity index (χ1) is 9.34. The molecule has 0 radical (unpaired) electrons. The Bertz CT molecular complexity index is 754. The van der Waals surface area contributed by atoms with Crippen LogP contribution in [0.5, 0.6) is 0 Å². The highest BCUT2D eigenvalue weighted by Gasteiger charge is 2.19. The van der Waals surface area contributed by atoms with Crippen molar-refractivity contribution in [3.63, 3.8) is 0 Å². The van der Waals surface area contributed by atoms with Crippen molar-refractivity contribution in [2.45, 2.75) is 12.8 Å². The fourth-order valence-electron chi connectivity index (χ4n) is 3.05. The first-order valence-electron chi connectivity index (χ1n) is 6.79. The molecule has 3 nitrogen and oxygen atoms in total. The van der Waals surface area contributed by atoms with Gasteiger partial charge < -0.3 is 15.1 Å². The number of hydrogen-bond acceptors (Lipinski definition) is 3. The van der Waals surface area contributed by atoms with E-state index >= 15 is 0 Å². The largest absolute Gasteiger partial charge is 0.454 e. The molecule has 0 unspecified atom stereocenters. The molecule has 1 saturated heterocycles. The van der Waals surface area contributed by atoms with Crippen LogP contribution in [0.3, 0.4) is 0 Å². The maximum Gasteiger partial charge on any atom is 0.160 e. The molecule has 1 aromatic heterocycles. The molecular weight excluding hydrogens is 236 g/mol. The predicted molar refractivity (Wildman–Crippen MR) is 79.6 cm³/mol. The Hall–Kier alpha value is -2.16. The van der Waals surface area contributed by atoms with Gasteiger partial charge in [0.25, 0.3) is 0 Å². The summed E-state index contributed by atoms with van der Waals surface area (Å²) in [5, 5.41) is 2.32. The zero-order valence-electron chi connectivity index (χ0n) is 10.7. The van der Waals surface area contributed by atoms with Crippen LogP contribution in [-0.4, -0.2) is 13.1 Å². The lowest BCUT2D eigenvalue weighted by Crippen LogP contribution is -2.17. The summed E-state index contributed by atoms with van der Waals surface area (Å²) in [5.74, 6) is 0. The van der Waals surface area contributed by atoms with Gasteiger partial charge >= 0.3 is 0 Å². The van der Waals surface area contributed by atoms with Gasteiger partial charge in [-0.05, 0) is 31.0 Å². The van der Waals surface area contributed by atoms with Crippen molar-refractivity contribution in [1.29, 1.82) is 0 Å². The van der Waals surface area contributed by atoms with Gasteiger partial charge in [-0.25, -0.2) is 0 Å². The molecule has 0 bridgehead atoms. The lowest BCUT2D eigenvalue weighted by molar-refractivity contribution is 0.670. The fraction of sp³-hybridized carbons (Fsp3) is 0.250. The molecule has 3 heteroatoms. The second kappa shape index (κ2) is 3.92. The Morgan fingerprint density at radius 2 is 1.79 bits per heavy atom. The standard InChI is InChI=1S/C16H16N2O/c17-12-7-8-13(18-9-3-4-10-18)15-11-5-1-2-6-14(11)19-16(12)15/h1-2,5-8H,3-4,9-10,17H2. The van der Waals surface area contributed by atoms with Crippen LogP contribution >= 0.6 is 0 Å². The zero-order valence-corrected chi connectivity index (χ0v) is 10.7. The Balaban J connectivity index is 2.10. The summed E-state index contributed by atoms with van der Waals surface area (Å²) in [6.07, 6.45) is 2.53. The van der Waals surface area contributed by atoms with Crippen molar-refractivity contribution in [3.8, 4) is 0 Å². The highest BCUT2D eigenvalue weighted by molar-refractivity contribution is 6.14. The molecule has 2 heterocycles. The summed E-state index contributed by atoms with van der Waals surface area (Å²) >= 11 is 0. The molecule has 3 aromatic rings. The van der Waals surface area contributed by atoms with E-state index in [-0.39, 0.29) is 0 Å². The van der Waals surface area contributed by atoms with Gasteiger partial charge in [-0.1, -0.05) is 18.2 Å². The number of nitrogen functional groups attached to an aromatic ring is 1. The van der Waals surface area contributed by atoms with Crippen LogP contribution < -0.4 is 10.6 Å². The van der Waals surface area contributed by atoms with Gasteiger partial charge in [-0.15, -0.1) is 0 Å². The molecule has 0 amide bonds. The average molecular weight is 252 g/mol. The topological polar surface area (TPSA) is 42.4 Å². The quantitative estimate of drug-likeness (QED) is 0.670. The van der Waals surface area contributed by atoms with Gasteiger partial charge in [-0.3, -0.25) is 0 Å². The monoisotopic (exact) mass is 252 g/mol. The number of rotatable bonds is 1. The van der Waals surface area contributed by atoms with Crippen LogP contribution in [-0.2, 0) is 0 Å². The molecule has 96 valence electrons. The molecule has 2 aromatic carbocycles. The highest BCUT2D eigenvalue weighted by Crippen LogP contribution is 2.39. The number of anilines is 2. The normalized spacial score (nSPS) is 15.7. The van der Waals surface area contributed by atoms with E-state index in [2.05, 4.69) is 17.0 Å². The van der Waals surface area contributed by atoms with Crippen LogP contribution in [0.25, 0.3) is 21.9 Å². The molecule has 1 fully saturated rings. The maximum absolute atomic E-state index is 6.08. The maximum atomic E-state index is 6.08. The molecule has 19 heavy (non-hydrogen) atoms. The lowest BCUT2D eigenvalue weighted by Gasteiger charge is -2.18. The van der Waals surface area contributed by atoms with E-state index < -0.39 is 0 Å². The molecule has 1 aliphatic heterocycles. The van der Waals surface area contributed by atoms with E-state index in [9.17, 15) is 0 Å². The minimum absolute atomic E-state index is 0.717.